The molecule has 0 aromatic heterocycles. The Bertz CT molecular complexity index is 805. The van der Waals surface area contributed by atoms with Gasteiger partial charge in [0, 0.05) is 19.8 Å². The second kappa shape index (κ2) is 9.52. The van der Waals surface area contributed by atoms with E-state index in [1.165, 1.54) is 6.92 Å². The second-order valence-electron chi connectivity index (χ2n) is 6.60. The number of hydrogen-bond donors (Lipinski definition) is 3. The molecule has 0 radical (unpaired) electrons. The van der Waals surface area contributed by atoms with Crippen LogP contribution in [0.3, 0.4) is 0 Å². The highest BCUT2D eigenvalue weighted by molar-refractivity contribution is 5.91. The van der Waals surface area contributed by atoms with Crippen molar-refractivity contribution in [3.8, 4) is 0 Å². The first-order valence-electron chi connectivity index (χ1n) is 8.81. The van der Waals surface area contributed by atoms with Crippen LogP contribution < -0.4 is 16.4 Å². The lowest BCUT2D eigenvalue weighted by atomic mass is 10.0. The number of hydrogen-bond acceptors (Lipinski definition) is 3. The van der Waals surface area contributed by atoms with Crippen molar-refractivity contribution in [3.63, 3.8) is 0 Å². The van der Waals surface area contributed by atoms with E-state index in [4.69, 9.17) is 5.73 Å². The minimum Gasteiger partial charge on any atom is -0.368 e. The number of nitrogens with one attached hydrogen (secondary N) is 2. The van der Waals surface area contributed by atoms with Gasteiger partial charge in [-0.1, -0.05) is 60.2 Å². The Balaban J connectivity index is 2.11. The minimum absolute atomic E-state index is 0.293. The van der Waals surface area contributed by atoms with Gasteiger partial charge in [0.25, 0.3) is 0 Å². The third-order valence-electron chi connectivity index (χ3n) is 4.16. The molecule has 27 heavy (non-hydrogen) atoms. The molecule has 4 N–H and O–H groups in total. The molecular formula is C21H25N3O3. The quantitative estimate of drug-likeness (QED) is 0.654. The van der Waals surface area contributed by atoms with Gasteiger partial charge in [-0.25, -0.2) is 0 Å². The third-order valence-corrected chi connectivity index (χ3v) is 4.16. The van der Waals surface area contributed by atoms with E-state index >= 15 is 0 Å². The van der Waals surface area contributed by atoms with Crippen molar-refractivity contribution >= 4 is 17.7 Å². The Morgan fingerprint density at radius 3 is 2.11 bits per heavy atom. The molecule has 6 nitrogen and oxygen atoms in total. The van der Waals surface area contributed by atoms with Crippen molar-refractivity contribution in [2.75, 3.05) is 0 Å². The molecule has 0 unspecified atom stereocenters. The van der Waals surface area contributed by atoms with Crippen LogP contribution in [0, 0.1) is 6.92 Å². The fraction of sp³-hybridized carbons (Fsp3) is 0.286. The van der Waals surface area contributed by atoms with Gasteiger partial charge in [-0.2, -0.15) is 0 Å². The van der Waals surface area contributed by atoms with Gasteiger partial charge in [-0.05, 0) is 18.1 Å². The van der Waals surface area contributed by atoms with Crippen LogP contribution in [-0.2, 0) is 27.2 Å². The summed E-state index contributed by atoms with van der Waals surface area (Å²) < 4.78 is 0. The molecule has 2 aromatic carbocycles. The second-order valence-corrected chi connectivity index (χ2v) is 6.60. The molecule has 0 fully saturated rings. The molecule has 2 aromatic rings. The van der Waals surface area contributed by atoms with E-state index in [0.29, 0.717) is 12.8 Å². The van der Waals surface area contributed by atoms with E-state index < -0.39 is 23.9 Å². The first-order valence-corrected chi connectivity index (χ1v) is 8.81. The average molecular weight is 367 g/mol. The Labute approximate surface area is 159 Å². The van der Waals surface area contributed by atoms with Gasteiger partial charge >= 0.3 is 0 Å². The van der Waals surface area contributed by atoms with Crippen LogP contribution >= 0.6 is 0 Å². The first kappa shape index (κ1) is 20.2. The number of primary amides is 1. The smallest absolute Gasteiger partial charge is 0.243 e. The van der Waals surface area contributed by atoms with Gasteiger partial charge in [-0.15, -0.1) is 0 Å². The van der Waals surface area contributed by atoms with E-state index in [1.54, 1.807) is 0 Å². The van der Waals surface area contributed by atoms with Crippen LogP contribution in [0.25, 0.3) is 0 Å². The monoisotopic (exact) mass is 367 g/mol. The third kappa shape index (κ3) is 6.58. The van der Waals surface area contributed by atoms with Crippen molar-refractivity contribution < 1.29 is 14.4 Å². The average Bonchev–Trinajstić information content (AvgIpc) is 2.61. The maximum absolute atomic E-state index is 12.7. The number of nitrogens with two attached hydrogens (primary N) is 1. The molecule has 0 saturated heterocycles. The van der Waals surface area contributed by atoms with Crippen LogP contribution in [0.2, 0.25) is 0 Å². The summed E-state index contributed by atoms with van der Waals surface area (Å²) in [4.78, 5) is 36.1. The van der Waals surface area contributed by atoms with E-state index in [9.17, 15) is 14.4 Å². The summed E-state index contributed by atoms with van der Waals surface area (Å²) in [5, 5.41) is 5.32. The van der Waals surface area contributed by atoms with Gasteiger partial charge in [0.1, 0.15) is 12.1 Å². The highest BCUT2D eigenvalue weighted by Gasteiger charge is 2.25. The van der Waals surface area contributed by atoms with E-state index in [2.05, 4.69) is 10.6 Å². The maximum Gasteiger partial charge on any atom is 0.243 e. The fourth-order valence-corrected chi connectivity index (χ4v) is 2.87. The molecule has 6 heteroatoms. The maximum atomic E-state index is 12.7. The lowest BCUT2D eigenvalue weighted by Gasteiger charge is -2.22. The number of carbonyl (C=O) groups is 3. The molecule has 0 spiro atoms. The Kier molecular flexibility index (Phi) is 7.11. The molecule has 0 bridgehead atoms. The summed E-state index contributed by atoms with van der Waals surface area (Å²) in [6.45, 7) is 3.30. The van der Waals surface area contributed by atoms with E-state index in [1.807, 2.05) is 61.5 Å². The summed E-state index contributed by atoms with van der Waals surface area (Å²) in [7, 11) is 0. The van der Waals surface area contributed by atoms with Crippen molar-refractivity contribution in [2.45, 2.75) is 38.8 Å². The summed E-state index contributed by atoms with van der Waals surface area (Å²) in [6.07, 6.45) is 0.614. The zero-order valence-electron chi connectivity index (χ0n) is 15.6. The van der Waals surface area contributed by atoms with Crippen LogP contribution in [0.1, 0.15) is 23.6 Å². The highest BCUT2D eigenvalue weighted by atomic mass is 16.2. The van der Waals surface area contributed by atoms with Crippen LogP contribution in [-0.4, -0.2) is 29.8 Å². The molecule has 142 valence electrons. The van der Waals surface area contributed by atoms with Crippen molar-refractivity contribution in [2.24, 2.45) is 5.73 Å². The Morgan fingerprint density at radius 2 is 1.52 bits per heavy atom. The van der Waals surface area contributed by atoms with Crippen LogP contribution in [0.5, 0.6) is 0 Å². The molecule has 0 aliphatic rings. The number of rotatable bonds is 8. The molecule has 0 saturated carbocycles. The van der Waals surface area contributed by atoms with Gasteiger partial charge < -0.3 is 16.4 Å². The molecule has 3 amide bonds. The molecule has 2 atom stereocenters. The number of amides is 3. The lowest BCUT2D eigenvalue weighted by molar-refractivity contribution is -0.130. The van der Waals surface area contributed by atoms with Crippen LogP contribution in [0.4, 0.5) is 0 Å². The molecule has 0 aliphatic heterocycles. The first-order chi connectivity index (χ1) is 12.8. The SMILES string of the molecule is CC(=O)N[C@H](Cc1ccccc1)C(=O)N[C@H](Cc1cccc(C)c1)C(N)=O. The predicted octanol–water partition coefficient (Wildman–Crippen LogP) is 1.26. The topological polar surface area (TPSA) is 101 Å². The lowest BCUT2D eigenvalue weighted by Crippen LogP contribution is -2.54. The molecule has 2 rings (SSSR count). The zero-order chi connectivity index (χ0) is 19.8. The summed E-state index contributed by atoms with van der Waals surface area (Å²) in [5.41, 5.74) is 8.35. The molecule has 0 heterocycles. The highest BCUT2D eigenvalue weighted by Crippen LogP contribution is 2.08. The normalized spacial score (nSPS) is 12.7. The van der Waals surface area contributed by atoms with Crippen molar-refractivity contribution in [1.82, 2.24) is 10.6 Å². The largest absolute Gasteiger partial charge is 0.368 e. The Morgan fingerprint density at radius 1 is 0.889 bits per heavy atom. The standard InChI is InChI=1S/C21H25N3O3/c1-14-7-6-10-17(11-14)13-18(20(22)26)24-21(27)19(23-15(2)25)12-16-8-4-3-5-9-16/h3-11,18-19H,12-13H2,1-2H3,(H2,22,26)(H,23,25)(H,24,27)/t18-,19-/m1/s1. The minimum atomic E-state index is -0.855. The fourth-order valence-electron chi connectivity index (χ4n) is 2.87. The van der Waals surface area contributed by atoms with Crippen molar-refractivity contribution in [1.29, 1.82) is 0 Å². The van der Waals surface area contributed by atoms with E-state index in [-0.39, 0.29) is 5.91 Å². The van der Waals surface area contributed by atoms with E-state index in [0.717, 1.165) is 16.7 Å². The predicted molar refractivity (Wildman–Crippen MR) is 104 cm³/mol. The molecule has 0 aliphatic carbocycles. The molecular weight excluding hydrogens is 342 g/mol. The summed E-state index contributed by atoms with van der Waals surface area (Å²) in [5.74, 6) is -1.38. The van der Waals surface area contributed by atoms with Gasteiger partial charge in [-0.3, -0.25) is 14.4 Å². The number of aryl methyl sites for hydroxylation is 1. The number of benzene rings is 2. The van der Waals surface area contributed by atoms with Crippen LogP contribution in [0.15, 0.2) is 54.6 Å². The summed E-state index contributed by atoms with van der Waals surface area (Å²) >= 11 is 0. The van der Waals surface area contributed by atoms with Gasteiger partial charge in [0.15, 0.2) is 0 Å². The summed E-state index contributed by atoms with van der Waals surface area (Å²) in [6, 6.07) is 15.4. The van der Waals surface area contributed by atoms with Crippen molar-refractivity contribution in [3.05, 3.63) is 71.3 Å². The van der Waals surface area contributed by atoms with Gasteiger partial charge in [0.2, 0.25) is 17.7 Å². The van der Waals surface area contributed by atoms with Gasteiger partial charge in [0.05, 0.1) is 0 Å². The zero-order valence-corrected chi connectivity index (χ0v) is 15.6. The Hall–Kier alpha value is -3.15. The number of carbonyl (C=O) groups excluding carboxylic acids is 3.